The van der Waals surface area contributed by atoms with Gasteiger partial charge in [0.1, 0.15) is 0 Å². The standard InChI is InChI=1S/C19H26N6O2.ClH/c1-2-3-18(26)22-15-6-4-14(5-7-15)12-21-19(27)17-13-25(24-23-17)16-8-10-20-11-9-16;/h4-7,13,16,20H,2-3,8-12H2,1H3,(H,21,27)(H,22,26);1H. The van der Waals surface area contributed by atoms with Gasteiger partial charge in [-0.2, -0.15) is 0 Å². The number of benzene rings is 1. The van der Waals surface area contributed by atoms with Crippen molar-refractivity contribution in [3.8, 4) is 0 Å². The fourth-order valence-electron chi connectivity index (χ4n) is 3.06. The van der Waals surface area contributed by atoms with Crippen LogP contribution in [0.3, 0.4) is 0 Å². The normalized spacial score (nSPS) is 14.2. The Bertz CT molecular complexity index is 771. The van der Waals surface area contributed by atoms with Gasteiger partial charge in [0.05, 0.1) is 12.2 Å². The first-order valence-corrected chi connectivity index (χ1v) is 9.45. The molecule has 0 aliphatic carbocycles. The second-order valence-corrected chi connectivity index (χ2v) is 6.74. The van der Waals surface area contributed by atoms with E-state index in [1.807, 2.05) is 31.2 Å². The van der Waals surface area contributed by atoms with Gasteiger partial charge in [-0.25, -0.2) is 4.68 Å². The number of rotatable bonds is 7. The van der Waals surface area contributed by atoms with E-state index in [-0.39, 0.29) is 24.2 Å². The Balaban J connectivity index is 0.00000280. The Kier molecular flexibility index (Phi) is 8.41. The van der Waals surface area contributed by atoms with Gasteiger partial charge in [0, 0.05) is 18.7 Å². The smallest absolute Gasteiger partial charge is 0.273 e. The molecule has 3 N–H and O–H groups in total. The van der Waals surface area contributed by atoms with E-state index in [9.17, 15) is 9.59 Å². The third-order valence-electron chi connectivity index (χ3n) is 4.59. The lowest BCUT2D eigenvalue weighted by Crippen LogP contribution is -2.29. The first kappa shape index (κ1) is 21.8. The van der Waals surface area contributed by atoms with Gasteiger partial charge in [-0.3, -0.25) is 9.59 Å². The number of nitrogens with zero attached hydrogens (tertiary/aromatic N) is 3. The Morgan fingerprint density at radius 2 is 1.93 bits per heavy atom. The van der Waals surface area contributed by atoms with Gasteiger partial charge < -0.3 is 16.0 Å². The second kappa shape index (κ2) is 10.8. The van der Waals surface area contributed by atoms with Gasteiger partial charge in [0.2, 0.25) is 5.91 Å². The van der Waals surface area contributed by atoms with Crippen molar-refractivity contribution in [2.45, 2.75) is 45.2 Å². The van der Waals surface area contributed by atoms with Crippen molar-refractivity contribution in [3.63, 3.8) is 0 Å². The average Bonchev–Trinajstić information content (AvgIpc) is 3.18. The van der Waals surface area contributed by atoms with Crippen LogP contribution in [0.25, 0.3) is 0 Å². The third kappa shape index (κ3) is 6.03. The molecule has 1 aromatic carbocycles. The number of anilines is 1. The van der Waals surface area contributed by atoms with Crippen LogP contribution in [-0.4, -0.2) is 39.9 Å². The maximum Gasteiger partial charge on any atom is 0.273 e. The molecule has 28 heavy (non-hydrogen) atoms. The van der Waals surface area contributed by atoms with Gasteiger partial charge in [-0.05, 0) is 50.0 Å². The van der Waals surface area contributed by atoms with Crippen LogP contribution < -0.4 is 16.0 Å². The molecular formula is C19H27ClN6O2. The fraction of sp³-hybridized carbons (Fsp3) is 0.474. The van der Waals surface area contributed by atoms with E-state index < -0.39 is 0 Å². The molecule has 0 spiro atoms. The van der Waals surface area contributed by atoms with Gasteiger partial charge in [-0.15, -0.1) is 17.5 Å². The zero-order valence-corrected chi connectivity index (χ0v) is 16.8. The van der Waals surface area contributed by atoms with Gasteiger partial charge >= 0.3 is 0 Å². The highest BCUT2D eigenvalue weighted by atomic mass is 35.5. The highest BCUT2D eigenvalue weighted by Gasteiger charge is 2.18. The Morgan fingerprint density at radius 3 is 2.61 bits per heavy atom. The number of piperidine rings is 1. The van der Waals surface area contributed by atoms with Crippen LogP contribution in [0, 0.1) is 0 Å². The van der Waals surface area contributed by atoms with Crippen molar-refractivity contribution in [2.24, 2.45) is 0 Å². The van der Waals surface area contributed by atoms with E-state index in [1.54, 1.807) is 10.9 Å². The number of halogens is 1. The molecule has 2 amide bonds. The van der Waals surface area contributed by atoms with Crippen molar-refractivity contribution in [1.82, 2.24) is 25.6 Å². The largest absolute Gasteiger partial charge is 0.347 e. The molecule has 1 aliphatic rings. The predicted octanol–water partition coefficient (Wildman–Crippen LogP) is 2.29. The maximum absolute atomic E-state index is 12.3. The highest BCUT2D eigenvalue weighted by molar-refractivity contribution is 5.92. The van der Waals surface area contributed by atoms with E-state index >= 15 is 0 Å². The Morgan fingerprint density at radius 1 is 1.21 bits per heavy atom. The molecule has 2 aromatic rings. The topological polar surface area (TPSA) is 101 Å². The second-order valence-electron chi connectivity index (χ2n) is 6.74. The molecular weight excluding hydrogens is 380 g/mol. The van der Waals surface area contributed by atoms with Crippen LogP contribution in [0.1, 0.15) is 54.7 Å². The summed E-state index contributed by atoms with van der Waals surface area (Å²) in [5.74, 6) is -0.231. The highest BCUT2D eigenvalue weighted by Crippen LogP contribution is 2.17. The Hall–Kier alpha value is -2.45. The summed E-state index contributed by atoms with van der Waals surface area (Å²) in [5.41, 5.74) is 2.04. The van der Waals surface area contributed by atoms with Gasteiger partial charge in [0.25, 0.3) is 5.91 Å². The van der Waals surface area contributed by atoms with E-state index in [0.717, 1.165) is 43.6 Å². The number of nitrogens with one attached hydrogen (secondary N) is 3. The molecule has 1 aliphatic heterocycles. The molecule has 152 valence electrons. The van der Waals surface area contributed by atoms with Crippen molar-refractivity contribution >= 4 is 29.9 Å². The van der Waals surface area contributed by atoms with E-state index in [4.69, 9.17) is 0 Å². The lowest BCUT2D eigenvalue weighted by atomic mass is 10.1. The van der Waals surface area contributed by atoms with Gasteiger partial charge in [0.15, 0.2) is 5.69 Å². The van der Waals surface area contributed by atoms with Crippen LogP contribution in [0.15, 0.2) is 30.5 Å². The van der Waals surface area contributed by atoms with E-state index in [2.05, 4.69) is 26.3 Å². The fourth-order valence-corrected chi connectivity index (χ4v) is 3.06. The quantitative estimate of drug-likeness (QED) is 0.654. The summed E-state index contributed by atoms with van der Waals surface area (Å²) in [6, 6.07) is 7.74. The number of carbonyl (C=O) groups is 2. The van der Waals surface area contributed by atoms with Crippen LogP contribution in [0.2, 0.25) is 0 Å². The lowest BCUT2D eigenvalue weighted by molar-refractivity contribution is -0.116. The molecule has 3 rings (SSSR count). The Labute approximate surface area is 170 Å². The molecule has 1 saturated heterocycles. The van der Waals surface area contributed by atoms with Crippen LogP contribution in [0.5, 0.6) is 0 Å². The molecule has 1 fully saturated rings. The summed E-state index contributed by atoms with van der Waals surface area (Å²) in [7, 11) is 0. The summed E-state index contributed by atoms with van der Waals surface area (Å²) in [5, 5.41) is 17.1. The summed E-state index contributed by atoms with van der Waals surface area (Å²) in [6.07, 6.45) is 5.03. The number of hydrogen-bond acceptors (Lipinski definition) is 5. The average molecular weight is 407 g/mol. The molecule has 0 unspecified atom stereocenters. The zero-order chi connectivity index (χ0) is 19.1. The molecule has 2 heterocycles. The molecule has 0 atom stereocenters. The molecule has 8 nitrogen and oxygen atoms in total. The molecule has 0 radical (unpaired) electrons. The van der Waals surface area contributed by atoms with Crippen molar-refractivity contribution in [1.29, 1.82) is 0 Å². The molecule has 1 aromatic heterocycles. The summed E-state index contributed by atoms with van der Waals surface area (Å²) >= 11 is 0. The molecule has 0 saturated carbocycles. The van der Waals surface area contributed by atoms with E-state index in [0.29, 0.717) is 24.7 Å². The first-order chi connectivity index (χ1) is 13.2. The van der Waals surface area contributed by atoms with Crippen LogP contribution >= 0.6 is 12.4 Å². The minimum atomic E-state index is -0.240. The van der Waals surface area contributed by atoms with Crippen molar-refractivity contribution in [3.05, 3.63) is 41.7 Å². The molecule has 0 bridgehead atoms. The monoisotopic (exact) mass is 406 g/mol. The maximum atomic E-state index is 12.3. The first-order valence-electron chi connectivity index (χ1n) is 9.45. The third-order valence-corrected chi connectivity index (χ3v) is 4.59. The lowest BCUT2D eigenvalue weighted by Gasteiger charge is -2.22. The minimum Gasteiger partial charge on any atom is -0.347 e. The van der Waals surface area contributed by atoms with Crippen LogP contribution in [0.4, 0.5) is 5.69 Å². The van der Waals surface area contributed by atoms with Crippen molar-refractivity contribution in [2.75, 3.05) is 18.4 Å². The number of aromatic nitrogens is 3. The zero-order valence-electron chi connectivity index (χ0n) is 16.0. The SMILES string of the molecule is CCCC(=O)Nc1ccc(CNC(=O)c2cn(C3CCNCC3)nn2)cc1.Cl. The number of hydrogen-bond donors (Lipinski definition) is 3. The molecule has 9 heteroatoms. The predicted molar refractivity (Wildman–Crippen MR) is 110 cm³/mol. The summed E-state index contributed by atoms with van der Waals surface area (Å²) in [4.78, 5) is 23.9. The number of amides is 2. The number of carbonyl (C=O) groups excluding carboxylic acids is 2. The minimum absolute atomic E-state index is 0. The summed E-state index contributed by atoms with van der Waals surface area (Å²) in [6.45, 7) is 4.28. The summed E-state index contributed by atoms with van der Waals surface area (Å²) < 4.78 is 1.80. The van der Waals surface area contributed by atoms with Gasteiger partial charge in [-0.1, -0.05) is 24.3 Å². The van der Waals surface area contributed by atoms with Crippen LogP contribution in [-0.2, 0) is 11.3 Å². The van der Waals surface area contributed by atoms with E-state index in [1.165, 1.54) is 0 Å². The van der Waals surface area contributed by atoms with Crippen molar-refractivity contribution < 1.29 is 9.59 Å².